The number of carbonyl (C=O) groups is 2. The number of aromatic amines is 2. The van der Waals surface area contributed by atoms with Crippen molar-refractivity contribution in [1.82, 2.24) is 29.7 Å². The van der Waals surface area contributed by atoms with Crippen LogP contribution < -0.4 is 0 Å². The largest absolute Gasteiger partial charge is 0.444 e. The second-order valence-electron chi connectivity index (χ2n) is 17.5. The Labute approximate surface area is 310 Å². The minimum Gasteiger partial charge on any atom is -0.444 e. The lowest BCUT2D eigenvalue weighted by Crippen LogP contribution is -2.46. The highest BCUT2D eigenvalue weighted by Crippen LogP contribution is 2.54. The molecule has 274 valence electrons. The van der Waals surface area contributed by atoms with E-state index in [1.165, 1.54) is 0 Å². The summed E-state index contributed by atoms with van der Waals surface area (Å²) < 4.78 is 11.6. The summed E-state index contributed by atoms with van der Waals surface area (Å²) in [6.45, 7) is 11.5. The maximum atomic E-state index is 13.2. The van der Waals surface area contributed by atoms with Crippen LogP contribution in [0.4, 0.5) is 9.59 Å². The molecule has 9 rings (SSSR count). The lowest BCUT2D eigenvalue weighted by atomic mass is 9.80. The van der Waals surface area contributed by atoms with Crippen molar-refractivity contribution in [3.8, 4) is 33.6 Å². The lowest BCUT2D eigenvalue weighted by molar-refractivity contribution is 0.00472. The van der Waals surface area contributed by atoms with Gasteiger partial charge < -0.3 is 19.4 Å². The van der Waals surface area contributed by atoms with Crippen LogP contribution in [0.5, 0.6) is 0 Å². The molecule has 0 bridgehead atoms. The average Bonchev–Trinajstić information content (AvgIpc) is 3.51. The summed E-state index contributed by atoms with van der Waals surface area (Å²) in [5, 5.41) is 2.28. The Hall–Kier alpha value is -5.12. The molecular formula is C43H48N6O4. The van der Waals surface area contributed by atoms with Gasteiger partial charge in [0.05, 0.1) is 35.9 Å². The predicted octanol–water partition coefficient (Wildman–Crippen LogP) is 9.82. The van der Waals surface area contributed by atoms with Crippen molar-refractivity contribution >= 4 is 23.0 Å². The van der Waals surface area contributed by atoms with Gasteiger partial charge in [-0.2, -0.15) is 0 Å². The molecule has 2 unspecified atom stereocenters. The number of hydrogen-bond donors (Lipinski definition) is 2. The molecule has 10 nitrogen and oxygen atoms in total. The van der Waals surface area contributed by atoms with Crippen LogP contribution in [0.1, 0.15) is 97.4 Å². The minimum atomic E-state index is -0.543. The molecule has 4 fully saturated rings. The van der Waals surface area contributed by atoms with Gasteiger partial charge in [-0.25, -0.2) is 19.6 Å². The number of rotatable bonds is 5. The molecular weight excluding hydrogens is 665 g/mol. The number of aromatic nitrogens is 4. The number of nitrogens with zero attached hydrogens (tertiary/aromatic N) is 4. The van der Waals surface area contributed by atoms with E-state index in [1.54, 1.807) is 0 Å². The van der Waals surface area contributed by atoms with Crippen LogP contribution >= 0.6 is 0 Å². The monoisotopic (exact) mass is 712 g/mol. The Bertz CT molecular complexity index is 2220. The third-order valence-electron chi connectivity index (χ3n) is 11.4. The minimum absolute atomic E-state index is 0.103. The predicted molar refractivity (Wildman–Crippen MR) is 204 cm³/mol. The van der Waals surface area contributed by atoms with Gasteiger partial charge in [-0.1, -0.05) is 42.5 Å². The summed E-state index contributed by atoms with van der Waals surface area (Å²) in [6, 6.07) is 21.8. The first-order chi connectivity index (χ1) is 25.3. The summed E-state index contributed by atoms with van der Waals surface area (Å²) in [5.41, 5.74) is 5.11. The molecule has 0 spiro atoms. The zero-order valence-corrected chi connectivity index (χ0v) is 31.3. The number of ether oxygens (including phenoxy) is 2. The van der Waals surface area contributed by atoms with Gasteiger partial charge in [-0.05, 0) is 126 Å². The molecule has 2 aliphatic carbocycles. The molecule has 3 aromatic carbocycles. The highest BCUT2D eigenvalue weighted by molar-refractivity contribution is 5.91. The van der Waals surface area contributed by atoms with E-state index in [9.17, 15) is 9.59 Å². The van der Waals surface area contributed by atoms with E-state index in [0.717, 1.165) is 88.2 Å². The molecule has 4 heterocycles. The van der Waals surface area contributed by atoms with Gasteiger partial charge in [0.2, 0.25) is 0 Å². The van der Waals surface area contributed by atoms with Crippen molar-refractivity contribution in [3.63, 3.8) is 0 Å². The topological polar surface area (TPSA) is 116 Å². The normalized spacial score (nSPS) is 24.9. The van der Waals surface area contributed by atoms with Gasteiger partial charge in [0.1, 0.15) is 22.9 Å². The van der Waals surface area contributed by atoms with Crippen molar-refractivity contribution in [2.24, 2.45) is 11.8 Å². The van der Waals surface area contributed by atoms with E-state index < -0.39 is 11.2 Å². The van der Waals surface area contributed by atoms with E-state index in [0.29, 0.717) is 11.8 Å². The fourth-order valence-corrected chi connectivity index (χ4v) is 8.69. The second-order valence-corrected chi connectivity index (χ2v) is 17.5. The summed E-state index contributed by atoms with van der Waals surface area (Å²) in [6.07, 6.45) is 8.28. The highest BCUT2D eigenvalue weighted by Gasteiger charge is 2.56. The van der Waals surface area contributed by atoms with E-state index in [1.807, 2.05) is 63.7 Å². The first-order valence-electron chi connectivity index (χ1n) is 19.1. The van der Waals surface area contributed by atoms with Gasteiger partial charge in [0.25, 0.3) is 0 Å². The molecule has 10 heteroatoms. The molecule has 2 saturated carbocycles. The van der Waals surface area contributed by atoms with E-state index in [4.69, 9.17) is 19.4 Å². The number of likely N-dealkylation sites (tertiary alicyclic amines) is 2. The van der Waals surface area contributed by atoms with Crippen LogP contribution in [-0.4, -0.2) is 65.2 Å². The summed E-state index contributed by atoms with van der Waals surface area (Å²) in [5.74, 6) is 2.66. The maximum absolute atomic E-state index is 13.2. The Morgan fingerprint density at radius 3 is 1.72 bits per heavy atom. The second kappa shape index (κ2) is 12.2. The number of hydrogen-bond acceptors (Lipinski definition) is 6. The molecule has 53 heavy (non-hydrogen) atoms. The zero-order chi connectivity index (χ0) is 36.8. The van der Waals surface area contributed by atoms with Crippen LogP contribution in [0.25, 0.3) is 44.4 Å². The highest BCUT2D eigenvalue weighted by atomic mass is 16.6. The molecule has 2 amide bonds. The third kappa shape index (κ3) is 6.36. The third-order valence-corrected chi connectivity index (χ3v) is 11.4. The maximum Gasteiger partial charge on any atom is 0.411 e. The van der Waals surface area contributed by atoms with Gasteiger partial charge in [-0.15, -0.1) is 0 Å². The standard InChI is InChI=1S/C43H48N6O4/c1-42(2,3)52-40(50)48-34-15-14-30(34)19-36(48)38-45-23-33(47-38)29-13-12-26-16-25(10-11-27(26)18-29)24-8-7-9-28(17-24)32-22-44-39(46-32)37-21-31-20-35(31)49(37)41(51)53-43(4,5)6/h7-13,16-18,22-23,30-31,34-37H,14-15,19-21H2,1-6H3,(H,44,46)(H,45,47)/t30-,31?,34-,35?,36+,37+/m1/s1. The summed E-state index contributed by atoms with van der Waals surface area (Å²) in [4.78, 5) is 46.8. The number of piperidine rings is 1. The van der Waals surface area contributed by atoms with Crippen LogP contribution in [0.15, 0.2) is 73.1 Å². The quantitative estimate of drug-likeness (QED) is 0.187. The molecule has 6 atom stereocenters. The smallest absolute Gasteiger partial charge is 0.411 e. The van der Waals surface area contributed by atoms with Gasteiger partial charge in [-0.3, -0.25) is 9.80 Å². The first-order valence-corrected chi connectivity index (χ1v) is 19.1. The van der Waals surface area contributed by atoms with Gasteiger partial charge >= 0.3 is 12.2 Å². The number of H-pyrrole nitrogens is 2. The molecule has 2 aliphatic heterocycles. The summed E-state index contributed by atoms with van der Waals surface area (Å²) >= 11 is 0. The van der Waals surface area contributed by atoms with Crippen molar-refractivity contribution in [2.75, 3.05) is 0 Å². The van der Waals surface area contributed by atoms with E-state index >= 15 is 0 Å². The molecule has 2 N–H and O–H groups in total. The van der Waals surface area contributed by atoms with Gasteiger partial charge in [0, 0.05) is 23.2 Å². The van der Waals surface area contributed by atoms with Crippen LogP contribution in [0, 0.1) is 11.8 Å². The Morgan fingerprint density at radius 1 is 0.623 bits per heavy atom. The number of amides is 2. The van der Waals surface area contributed by atoms with E-state index in [2.05, 4.69) is 70.6 Å². The molecule has 5 aromatic rings. The van der Waals surface area contributed by atoms with Crippen LogP contribution in [0.2, 0.25) is 0 Å². The fraction of sp³-hybridized carbons (Fsp3) is 0.442. The van der Waals surface area contributed by atoms with Crippen molar-refractivity contribution < 1.29 is 19.1 Å². The van der Waals surface area contributed by atoms with Crippen LogP contribution in [0.3, 0.4) is 0 Å². The zero-order valence-electron chi connectivity index (χ0n) is 31.3. The molecule has 4 aliphatic rings. The first kappa shape index (κ1) is 33.7. The Morgan fingerprint density at radius 2 is 1.13 bits per heavy atom. The van der Waals surface area contributed by atoms with Gasteiger partial charge in [0.15, 0.2) is 0 Å². The number of nitrogens with one attached hydrogen (secondary N) is 2. The van der Waals surface area contributed by atoms with E-state index in [-0.39, 0.29) is 36.4 Å². The molecule has 2 aromatic heterocycles. The Balaban J connectivity index is 0.923. The number of imidazole rings is 2. The fourth-order valence-electron chi connectivity index (χ4n) is 8.69. The molecule has 2 saturated heterocycles. The molecule has 0 radical (unpaired) electrons. The van der Waals surface area contributed by atoms with Crippen molar-refractivity contribution in [1.29, 1.82) is 0 Å². The average molecular weight is 713 g/mol. The van der Waals surface area contributed by atoms with Crippen molar-refractivity contribution in [2.45, 2.75) is 109 Å². The number of fused-ring (bicyclic) bond motifs is 3. The van der Waals surface area contributed by atoms with Crippen molar-refractivity contribution in [3.05, 3.63) is 84.7 Å². The lowest BCUT2D eigenvalue weighted by Gasteiger charge is -2.37. The Kier molecular flexibility index (Phi) is 7.77. The SMILES string of the molecule is CC(C)(C)OC(=O)N1C2CC2C[C@H]1c1ncc(-c2cccc(-c3ccc4cc(-c5cnc([C@@H]6C[C@H]7CC[C@H]7N6C(=O)OC(C)(C)C)[nH]5)ccc4c3)c2)[nH]1. The van der Waals surface area contributed by atoms with Crippen LogP contribution in [-0.2, 0) is 9.47 Å². The number of carbonyl (C=O) groups excluding carboxylic acids is 2. The summed E-state index contributed by atoms with van der Waals surface area (Å²) in [7, 11) is 0. The number of benzene rings is 3.